The van der Waals surface area contributed by atoms with Crippen LogP contribution < -0.4 is 5.32 Å². The van der Waals surface area contributed by atoms with Crippen LogP contribution >= 0.6 is 0 Å². The van der Waals surface area contributed by atoms with Gasteiger partial charge in [-0.2, -0.15) is 4.31 Å². The molecule has 0 atom stereocenters. The maximum Gasteiger partial charge on any atom is 0.251 e. The molecule has 1 amide bonds. The molecule has 2 rings (SSSR count). The molecule has 1 N–H and O–H groups in total. The second-order valence-electron chi connectivity index (χ2n) is 5.88. The van der Waals surface area contributed by atoms with E-state index in [1.54, 1.807) is 19.2 Å². The Kier molecular flexibility index (Phi) is 6.73. The molecular weight excluding hydrogens is 336 g/mol. The molecule has 6 heteroatoms. The summed E-state index contributed by atoms with van der Waals surface area (Å²) in [5.41, 5.74) is 1.38. The lowest BCUT2D eigenvalue weighted by Gasteiger charge is -2.17. The van der Waals surface area contributed by atoms with Crippen molar-refractivity contribution in [2.75, 3.05) is 13.6 Å². The number of carbonyl (C=O) groups excluding carboxylic acids is 1. The van der Waals surface area contributed by atoms with Crippen molar-refractivity contribution in [1.82, 2.24) is 9.62 Å². The third kappa shape index (κ3) is 5.14. The van der Waals surface area contributed by atoms with Crippen LogP contribution in [-0.4, -0.2) is 32.2 Å². The molecule has 2 aromatic carbocycles. The normalized spacial score (nSPS) is 11.5. The first-order chi connectivity index (χ1) is 11.9. The maximum atomic E-state index is 12.7. The highest BCUT2D eigenvalue weighted by atomic mass is 32.2. The number of rotatable bonds is 8. The lowest BCUT2D eigenvalue weighted by atomic mass is 10.2. The van der Waals surface area contributed by atoms with E-state index in [1.807, 2.05) is 30.3 Å². The molecule has 25 heavy (non-hydrogen) atoms. The Bertz CT molecular complexity index is 787. The number of hydrogen-bond acceptors (Lipinski definition) is 3. The van der Waals surface area contributed by atoms with Gasteiger partial charge in [0.25, 0.3) is 5.91 Å². The van der Waals surface area contributed by atoms with E-state index in [0.717, 1.165) is 18.4 Å². The standard InChI is InChI=1S/C19H24N2O3S/c1-3-4-14-20-19(22)17-10-12-18(13-11-17)25(23,24)21(2)15-16-8-6-5-7-9-16/h5-13H,3-4,14-15H2,1-2H3,(H,20,22). The van der Waals surface area contributed by atoms with Gasteiger partial charge < -0.3 is 5.32 Å². The van der Waals surface area contributed by atoms with Gasteiger partial charge in [-0.15, -0.1) is 0 Å². The molecular formula is C19H24N2O3S. The molecule has 0 saturated carbocycles. The summed E-state index contributed by atoms with van der Waals surface area (Å²) in [6, 6.07) is 15.5. The summed E-state index contributed by atoms with van der Waals surface area (Å²) in [4.78, 5) is 12.2. The molecule has 0 bridgehead atoms. The number of nitrogens with zero attached hydrogens (tertiary/aromatic N) is 1. The van der Waals surface area contributed by atoms with Crippen molar-refractivity contribution in [3.05, 3.63) is 65.7 Å². The fourth-order valence-corrected chi connectivity index (χ4v) is 3.52. The first kappa shape index (κ1) is 19.1. The maximum absolute atomic E-state index is 12.7. The minimum atomic E-state index is -3.60. The molecule has 0 aliphatic carbocycles. The second kappa shape index (κ2) is 8.78. The summed E-state index contributed by atoms with van der Waals surface area (Å²) in [6.45, 7) is 2.97. The van der Waals surface area contributed by atoms with Gasteiger partial charge in [-0.05, 0) is 36.2 Å². The molecule has 0 unspecified atom stereocenters. The number of unbranched alkanes of at least 4 members (excludes halogenated alkanes) is 1. The van der Waals surface area contributed by atoms with E-state index < -0.39 is 10.0 Å². The van der Waals surface area contributed by atoms with Gasteiger partial charge in [-0.3, -0.25) is 4.79 Å². The molecule has 0 spiro atoms. The predicted octanol–water partition coefficient (Wildman–Crippen LogP) is 3.04. The van der Waals surface area contributed by atoms with E-state index in [4.69, 9.17) is 0 Å². The first-order valence-electron chi connectivity index (χ1n) is 8.33. The number of amides is 1. The molecule has 0 aliphatic rings. The number of nitrogens with one attached hydrogen (secondary N) is 1. The van der Waals surface area contributed by atoms with Crippen LogP contribution in [0.15, 0.2) is 59.5 Å². The number of sulfonamides is 1. The zero-order valence-corrected chi connectivity index (χ0v) is 15.4. The van der Waals surface area contributed by atoms with Crippen LogP contribution in [0.3, 0.4) is 0 Å². The fraction of sp³-hybridized carbons (Fsp3) is 0.316. The fourth-order valence-electron chi connectivity index (χ4n) is 2.36. The van der Waals surface area contributed by atoms with Crippen LogP contribution in [0.1, 0.15) is 35.7 Å². The van der Waals surface area contributed by atoms with E-state index in [0.29, 0.717) is 18.7 Å². The number of carbonyl (C=O) groups is 1. The second-order valence-corrected chi connectivity index (χ2v) is 7.93. The summed E-state index contributed by atoms with van der Waals surface area (Å²) in [5, 5.41) is 2.81. The third-order valence-electron chi connectivity index (χ3n) is 3.89. The summed E-state index contributed by atoms with van der Waals surface area (Å²) < 4.78 is 26.6. The molecule has 0 aromatic heterocycles. The summed E-state index contributed by atoms with van der Waals surface area (Å²) >= 11 is 0. The molecule has 0 fully saturated rings. The van der Waals surface area contributed by atoms with Gasteiger partial charge in [0.15, 0.2) is 0 Å². The highest BCUT2D eigenvalue weighted by Crippen LogP contribution is 2.17. The average molecular weight is 360 g/mol. The van der Waals surface area contributed by atoms with Gasteiger partial charge in [-0.25, -0.2) is 8.42 Å². The van der Waals surface area contributed by atoms with Gasteiger partial charge in [0.2, 0.25) is 10.0 Å². The van der Waals surface area contributed by atoms with Gasteiger partial charge in [0.05, 0.1) is 4.90 Å². The summed E-state index contributed by atoms with van der Waals surface area (Å²) in [7, 11) is -2.05. The van der Waals surface area contributed by atoms with E-state index in [2.05, 4.69) is 12.2 Å². The highest BCUT2D eigenvalue weighted by Gasteiger charge is 2.21. The zero-order valence-electron chi connectivity index (χ0n) is 14.6. The molecule has 0 aliphatic heterocycles. The molecule has 0 saturated heterocycles. The van der Waals surface area contributed by atoms with E-state index in [9.17, 15) is 13.2 Å². The predicted molar refractivity (Wildman–Crippen MR) is 98.8 cm³/mol. The number of benzene rings is 2. The quantitative estimate of drug-likeness (QED) is 0.736. The van der Waals surface area contributed by atoms with Crippen molar-refractivity contribution >= 4 is 15.9 Å². The Morgan fingerprint density at radius 1 is 1.04 bits per heavy atom. The Morgan fingerprint density at radius 2 is 1.68 bits per heavy atom. The lowest BCUT2D eigenvalue weighted by molar-refractivity contribution is 0.0953. The molecule has 0 heterocycles. The van der Waals surface area contributed by atoms with Crippen molar-refractivity contribution in [3.63, 3.8) is 0 Å². The highest BCUT2D eigenvalue weighted by molar-refractivity contribution is 7.89. The molecule has 2 aromatic rings. The summed E-state index contributed by atoms with van der Waals surface area (Å²) in [5.74, 6) is -0.185. The smallest absolute Gasteiger partial charge is 0.251 e. The van der Waals surface area contributed by atoms with E-state index >= 15 is 0 Å². The van der Waals surface area contributed by atoms with E-state index in [-0.39, 0.29) is 10.8 Å². The van der Waals surface area contributed by atoms with Crippen LogP contribution in [0.5, 0.6) is 0 Å². The van der Waals surface area contributed by atoms with Crippen molar-refractivity contribution in [2.45, 2.75) is 31.2 Å². The van der Waals surface area contributed by atoms with Gasteiger partial charge in [0.1, 0.15) is 0 Å². The Labute approximate surface area is 149 Å². The minimum absolute atomic E-state index is 0.177. The Balaban J connectivity index is 2.08. The largest absolute Gasteiger partial charge is 0.352 e. The van der Waals surface area contributed by atoms with E-state index in [1.165, 1.54) is 16.4 Å². The van der Waals surface area contributed by atoms with Crippen LogP contribution in [0.25, 0.3) is 0 Å². The van der Waals surface area contributed by atoms with Gasteiger partial charge >= 0.3 is 0 Å². The van der Waals surface area contributed by atoms with Crippen molar-refractivity contribution in [3.8, 4) is 0 Å². The third-order valence-corrected chi connectivity index (χ3v) is 5.71. The van der Waals surface area contributed by atoms with Crippen molar-refractivity contribution < 1.29 is 13.2 Å². The van der Waals surface area contributed by atoms with Crippen LogP contribution in [0, 0.1) is 0 Å². The lowest BCUT2D eigenvalue weighted by Crippen LogP contribution is -2.27. The molecule has 5 nitrogen and oxygen atoms in total. The minimum Gasteiger partial charge on any atom is -0.352 e. The van der Waals surface area contributed by atoms with Crippen molar-refractivity contribution in [2.24, 2.45) is 0 Å². The van der Waals surface area contributed by atoms with Crippen LogP contribution in [0.2, 0.25) is 0 Å². The zero-order chi connectivity index (χ0) is 18.3. The topological polar surface area (TPSA) is 66.5 Å². The average Bonchev–Trinajstić information content (AvgIpc) is 2.62. The monoisotopic (exact) mass is 360 g/mol. The summed E-state index contributed by atoms with van der Waals surface area (Å²) in [6.07, 6.45) is 1.92. The number of hydrogen-bond donors (Lipinski definition) is 1. The SMILES string of the molecule is CCCCNC(=O)c1ccc(S(=O)(=O)N(C)Cc2ccccc2)cc1. The molecule has 134 valence electrons. The first-order valence-corrected chi connectivity index (χ1v) is 9.77. The Hall–Kier alpha value is -2.18. The Morgan fingerprint density at radius 3 is 2.28 bits per heavy atom. The van der Waals surface area contributed by atoms with Gasteiger partial charge in [0, 0.05) is 25.7 Å². The van der Waals surface area contributed by atoms with Gasteiger partial charge in [-0.1, -0.05) is 43.7 Å². The van der Waals surface area contributed by atoms with Crippen LogP contribution in [-0.2, 0) is 16.6 Å². The molecule has 0 radical (unpaired) electrons. The van der Waals surface area contributed by atoms with Crippen LogP contribution in [0.4, 0.5) is 0 Å². The van der Waals surface area contributed by atoms with Crippen molar-refractivity contribution in [1.29, 1.82) is 0 Å².